The van der Waals surface area contributed by atoms with E-state index in [2.05, 4.69) is 0 Å². The molecule has 0 aliphatic heterocycles. The van der Waals surface area contributed by atoms with E-state index in [0.717, 1.165) is 0 Å². The molecule has 0 radical (unpaired) electrons. The number of carbonyl (C=O) groups is 1. The molecule has 0 saturated heterocycles. The van der Waals surface area contributed by atoms with Gasteiger partial charge in [0.15, 0.2) is 0 Å². The number of hydroxylamine groups is 1. The number of hydrogen-bond donors (Lipinski definition) is 3. The molecule has 0 aromatic heterocycles. The van der Waals surface area contributed by atoms with Crippen LogP contribution in [0.15, 0.2) is 0 Å². The van der Waals surface area contributed by atoms with E-state index in [1.807, 2.05) is 0 Å². The first kappa shape index (κ1) is 6.55. The van der Waals surface area contributed by atoms with E-state index in [9.17, 15) is 4.79 Å². The second kappa shape index (κ2) is 3.73. The molecular formula is C3H7NO3. The summed E-state index contributed by atoms with van der Waals surface area (Å²) in [5.74, 6) is 0. The quantitative estimate of drug-likeness (QED) is 0.302. The summed E-state index contributed by atoms with van der Waals surface area (Å²) in [6.45, 7) is -0.375. The largest absolute Gasteiger partial charge is 0.394 e. The fourth-order valence-electron chi connectivity index (χ4n) is 0.114. The van der Waals surface area contributed by atoms with Gasteiger partial charge in [0, 0.05) is 0 Å². The topological polar surface area (TPSA) is 69.6 Å². The Kier molecular flexibility index (Phi) is 3.49. The molecule has 0 fully saturated rings. The fraction of sp³-hybridized carbons (Fsp3) is 0.667. The summed E-state index contributed by atoms with van der Waals surface area (Å²) in [5.41, 5.74) is 1.58. The smallest absolute Gasteiger partial charge is 0.141 e. The standard InChI is InChI=1S/C3H7NO3/c5-1-3(2-6)4-7/h1,3-4,6-7H,2H2/t3-/m0/s1. The van der Waals surface area contributed by atoms with Crippen molar-refractivity contribution >= 4 is 6.29 Å². The van der Waals surface area contributed by atoms with Crippen molar-refractivity contribution in [2.75, 3.05) is 6.61 Å². The van der Waals surface area contributed by atoms with Gasteiger partial charge in [0.1, 0.15) is 12.3 Å². The monoisotopic (exact) mass is 105 g/mol. The predicted octanol–water partition coefficient (Wildman–Crippen LogP) is -1.47. The van der Waals surface area contributed by atoms with Crippen LogP contribution in [0.5, 0.6) is 0 Å². The minimum atomic E-state index is -0.833. The van der Waals surface area contributed by atoms with Crippen LogP contribution >= 0.6 is 0 Å². The second-order valence-electron chi connectivity index (χ2n) is 1.05. The van der Waals surface area contributed by atoms with Gasteiger partial charge in [-0.05, 0) is 0 Å². The van der Waals surface area contributed by atoms with Crippen LogP contribution < -0.4 is 5.48 Å². The maximum absolute atomic E-state index is 9.58. The summed E-state index contributed by atoms with van der Waals surface area (Å²) < 4.78 is 0. The third-order valence-electron chi connectivity index (χ3n) is 0.527. The van der Waals surface area contributed by atoms with Gasteiger partial charge in [-0.1, -0.05) is 0 Å². The molecule has 0 saturated carbocycles. The highest BCUT2D eigenvalue weighted by molar-refractivity contribution is 5.57. The van der Waals surface area contributed by atoms with E-state index in [1.54, 1.807) is 5.48 Å². The Bertz CT molecular complexity index is 52.1. The highest BCUT2D eigenvalue weighted by Gasteiger charge is 1.98. The SMILES string of the molecule is O=C[C@@H](CO)NO. The molecular weight excluding hydrogens is 98.0 g/mol. The zero-order chi connectivity index (χ0) is 5.70. The number of hydrogen-bond acceptors (Lipinski definition) is 4. The summed E-state index contributed by atoms with van der Waals surface area (Å²) in [4.78, 5) is 9.58. The molecule has 4 heteroatoms. The molecule has 0 aliphatic carbocycles. The van der Waals surface area contributed by atoms with Crippen molar-refractivity contribution in [3.63, 3.8) is 0 Å². The molecule has 0 rings (SSSR count). The van der Waals surface area contributed by atoms with Gasteiger partial charge in [0.05, 0.1) is 6.61 Å². The summed E-state index contributed by atoms with van der Waals surface area (Å²) in [7, 11) is 0. The average Bonchev–Trinajstić information content (AvgIpc) is 1.72. The summed E-state index contributed by atoms with van der Waals surface area (Å²) in [6, 6.07) is -0.833. The molecule has 0 spiro atoms. The van der Waals surface area contributed by atoms with Gasteiger partial charge in [0.2, 0.25) is 0 Å². The molecule has 0 aromatic rings. The molecule has 7 heavy (non-hydrogen) atoms. The van der Waals surface area contributed by atoms with Crippen LogP contribution in [-0.2, 0) is 4.79 Å². The van der Waals surface area contributed by atoms with Crippen LogP contribution in [0.25, 0.3) is 0 Å². The molecule has 0 aliphatic rings. The highest BCUT2D eigenvalue weighted by atomic mass is 16.5. The number of carbonyl (C=O) groups excluding carboxylic acids is 1. The van der Waals surface area contributed by atoms with Gasteiger partial charge >= 0.3 is 0 Å². The van der Waals surface area contributed by atoms with Gasteiger partial charge in [-0.3, -0.25) is 0 Å². The molecule has 0 unspecified atom stereocenters. The number of aliphatic hydroxyl groups excluding tert-OH is 1. The molecule has 3 N–H and O–H groups in total. The molecule has 1 atom stereocenters. The lowest BCUT2D eigenvalue weighted by Gasteiger charge is -1.98. The third kappa shape index (κ3) is 2.27. The average molecular weight is 105 g/mol. The predicted molar refractivity (Wildman–Crippen MR) is 21.9 cm³/mol. The van der Waals surface area contributed by atoms with E-state index in [0.29, 0.717) is 6.29 Å². The van der Waals surface area contributed by atoms with E-state index >= 15 is 0 Å². The van der Waals surface area contributed by atoms with Crippen LogP contribution in [-0.4, -0.2) is 29.2 Å². The highest BCUT2D eigenvalue weighted by Crippen LogP contribution is 1.67. The molecule has 0 aromatic carbocycles. The molecule has 4 nitrogen and oxygen atoms in total. The number of aldehydes is 1. The minimum absolute atomic E-state index is 0.375. The van der Waals surface area contributed by atoms with Crippen LogP contribution in [0, 0.1) is 0 Å². The molecule has 0 heterocycles. The first-order valence-corrected chi connectivity index (χ1v) is 1.81. The number of rotatable bonds is 3. The number of nitrogens with one attached hydrogen (secondary N) is 1. The van der Waals surface area contributed by atoms with Crippen LogP contribution in [0.1, 0.15) is 0 Å². The Morgan fingerprint density at radius 3 is 2.43 bits per heavy atom. The Balaban J connectivity index is 3.16. The van der Waals surface area contributed by atoms with Crippen molar-refractivity contribution in [2.24, 2.45) is 0 Å². The van der Waals surface area contributed by atoms with E-state index in [-0.39, 0.29) is 6.61 Å². The zero-order valence-electron chi connectivity index (χ0n) is 3.66. The summed E-state index contributed by atoms with van der Waals surface area (Å²) in [5, 5.41) is 16.0. The fourth-order valence-corrected chi connectivity index (χ4v) is 0.114. The Hall–Kier alpha value is -0.450. The second-order valence-corrected chi connectivity index (χ2v) is 1.05. The lowest BCUT2D eigenvalue weighted by atomic mass is 10.4. The van der Waals surface area contributed by atoms with E-state index < -0.39 is 6.04 Å². The van der Waals surface area contributed by atoms with Crippen molar-refractivity contribution in [3.8, 4) is 0 Å². The van der Waals surface area contributed by atoms with Crippen molar-refractivity contribution in [1.29, 1.82) is 0 Å². The minimum Gasteiger partial charge on any atom is -0.394 e. The normalized spacial score (nSPS) is 13.4. The first-order valence-electron chi connectivity index (χ1n) is 1.81. The summed E-state index contributed by atoms with van der Waals surface area (Å²) in [6.07, 6.45) is 0.417. The molecule has 0 bridgehead atoms. The number of aliphatic hydroxyl groups is 1. The molecule has 0 amide bonds. The summed E-state index contributed by atoms with van der Waals surface area (Å²) >= 11 is 0. The Morgan fingerprint density at radius 1 is 1.86 bits per heavy atom. The zero-order valence-corrected chi connectivity index (χ0v) is 3.66. The van der Waals surface area contributed by atoms with E-state index in [4.69, 9.17) is 10.3 Å². The van der Waals surface area contributed by atoms with Crippen LogP contribution in [0.3, 0.4) is 0 Å². The van der Waals surface area contributed by atoms with Crippen molar-refractivity contribution in [2.45, 2.75) is 6.04 Å². The van der Waals surface area contributed by atoms with E-state index in [1.165, 1.54) is 0 Å². The van der Waals surface area contributed by atoms with Crippen LogP contribution in [0.4, 0.5) is 0 Å². The van der Waals surface area contributed by atoms with Gasteiger partial charge in [0.25, 0.3) is 0 Å². The van der Waals surface area contributed by atoms with Gasteiger partial charge in [-0.15, -0.1) is 0 Å². The molecule has 42 valence electrons. The Morgan fingerprint density at radius 2 is 2.43 bits per heavy atom. The maximum atomic E-state index is 9.58. The lowest BCUT2D eigenvalue weighted by Crippen LogP contribution is -2.30. The van der Waals surface area contributed by atoms with Gasteiger partial charge < -0.3 is 15.1 Å². The Labute approximate surface area is 40.7 Å². The maximum Gasteiger partial charge on any atom is 0.141 e. The third-order valence-corrected chi connectivity index (χ3v) is 0.527. The van der Waals surface area contributed by atoms with Crippen LogP contribution in [0.2, 0.25) is 0 Å². The first-order chi connectivity index (χ1) is 3.35. The lowest BCUT2D eigenvalue weighted by molar-refractivity contribution is -0.112. The van der Waals surface area contributed by atoms with Gasteiger partial charge in [-0.2, -0.15) is 5.48 Å². The van der Waals surface area contributed by atoms with Crippen molar-refractivity contribution in [1.82, 2.24) is 5.48 Å². The van der Waals surface area contributed by atoms with Crippen molar-refractivity contribution in [3.05, 3.63) is 0 Å². The van der Waals surface area contributed by atoms with Gasteiger partial charge in [-0.25, -0.2) is 0 Å². The van der Waals surface area contributed by atoms with Crippen molar-refractivity contribution < 1.29 is 15.1 Å².